The molecule has 1 aromatic heterocycles. The highest BCUT2D eigenvalue weighted by Crippen LogP contribution is 2.34. The van der Waals surface area contributed by atoms with Crippen LogP contribution < -0.4 is 26.4 Å². The molecule has 1 atom stereocenters. The molecule has 2 aromatic carbocycles. The van der Waals surface area contributed by atoms with Gasteiger partial charge in [-0.05, 0) is 56.1 Å². The number of hydrogen-bond acceptors (Lipinski definition) is 6. The Bertz CT molecular complexity index is 1560. The monoisotopic (exact) mass is 560 g/mol. The number of carbonyl (C=O) groups is 3. The predicted molar refractivity (Wildman–Crippen MR) is 156 cm³/mol. The van der Waals surface area contributed by atoms with Gasteiger partial charge < -0.3 is 20.7 Å². The molecule has 3 heterocycles. The molecule has 2 aliphatic rings. The van der Waals surface area contributed by atoms with Crippen molar-refractivity contribution in [3.63, 3.8) is 0 Å². The van der Waals surface area contributed by atoms with E-state index in [-0.39, 0.29) is 43.1 Å². The van der Waals surface area contributed by atoms with Crippen molar-refractivity contribution in [2.24, 2.45) is 19.5 Å². The summed E-state index contributed by atoms with van der Waals surface area (Å²) in [5.74, 6) is -0.0210. The lowest BCUT2D eigenvalue weighted by Crippen LogP contribution is -2.53. The van der Waals surface area contributed by atoms with E-state index in [1.807, 2.05) is 29.2 Å². The molecule has 0 aliphatic carbocycles. The highest BCUT2D eigenvalue weighted by Gasteiger charge is 2.41. The normalized spacial score (nSPS) is 21.3. The lowest BCUT2D eigenvalue weighted by Gasteiger charge is -2.41. The van der Waals surface area contributed by atoms with Crippen LogP contribution in [0.25, 0.3) is 11.0 Å². The minimum atomic E-state index is -0.706. The van der Waals surface area contributed by atoms with Gasteiger partial charge in [-0.15, -0.1) is 0 Å². The van der Waals surface area contributed by atoms with Crippen LogP contribution in [0.4, 0.5) is 5.69 Å². The maximum atomic E-state index is 13.5. The summed E-state index contributed by atoms with van der Waals surface area (Å²) < 4.78 is 8.96. The number of ether oxygens (including phenoxy) is 1. The predicted octanol–water partition coefficient (Wildman–Crippen LogP) is 1.78. The molecule has 2 aliphatic heterocycles. The van der Waals surface area contributed by atoms with Gasteiger partial charge >= 0.3 is 5.69 Å². The number of allylic oxidation sites excluding steroid dienone is 1. The second-order valence-electron chi connectivity index (χ2n) is 10.7. The minimum Gasteiger partial charge on any atom is -0.489 e. The molecule has 0 bridgehead atoms. The summed E-state index contributed by atoms with van der Waals surface area (Å²) in [5, 5.41) is 8.80. The summed E-state index contributed by atoms with van der Waals surface area (Å²) in [7, 11) is 3.42. The van der Waals surface area contributed by atoms with Crippen molar-refractivity contribution in [1.29, 1.82) is 0 Å². The number of rotatable bonds is 3. The van der Waals surface area contributed by atoms with Crippen LogP contribution in [0.5, 0.6) is 5.75 Å². The molecule has 11 heteroatoms. The van der Waals surface area contributed by atoms with E-state index in [0.29, 0.717) is 49.5 Å². The molecule has 5 rings (SSSR count). The number of amides is 3. The molecule has 1 fully saturated rings. The Balaban J connectivity index is 1.26. The van der Waals surface area contributed by atoms with Gasteiger partial charge in [-0.2, -0.15) is 0 Å². The van der Waals surface area contributed by atoms with Crippen molar-refractivity contribution in [2.45, 2.75) is 19.3 Å². The number of imidazole rings is 1. The average Bonchev–Trinajstić information content (AvgIpc) is 3.18. The lowest BCUT2D eigenvalue weighted by atomic mass is 9.76. The number of benzene rings is 2. The van der Waals surface area contributed by atoms with Crippen molar-refractivity contribution in [3.8, 4) is 5.75 Å². The van der Waals surface area contributed by atoms with Gasteiger partial charge in [-0.1, -0.05) is 24.3 Å². The van der Waals surface area contributed by atoms with Gasteiger partial charge in [-0.3, -0.25) is 28.4 Å². The lowest BCUT2D eigenvalue weighted by molar-refractivity contribution is -0.135. The number of aromatic nitrogens is 2. The molecule has 3 aromatic rings. The van der Waals surface area contributed by atoms with E-state index in [4.69, 9.17) is 4.74 Å². The molecule has 11 nitrogen and oxygen atoms in total. The number of para-hydroxylation sites is 1. The molecule has 1 unspecified atom stereocenters. The number of fused-ring (bicyclic) bond motifs is 2. The number of nitrogens with one attached hydrogen (secondary N) is 3. The van der Waals surface area contributed by atoms with Crippen LogP contribution >= 0.6 is 0 Å². The van der Waals surface area contributed by atoms with E-state index in [1.54, 1.807) is 53.6 Å². The van der Waals surface area contributed by atoms with E-state index in [2.05, 4.69) is 16.0 Å². The maximum Gasteiger partial charge on any atom is 0.328 e. The number of anilines is 1. The quantitative estimate of drug-likeness (QED) is 0.420. The summed E-state index contributed by atoms with van der Waals surface area (Å²) in [5.41, 5.74) is 1.75. The first kappa shape index (κ1) is 28.2. The molecular formula is C30H36N6O5. The number of hydrogen-bond donors (Lipinski definition) is 3. The Kier molecular flexibility index (Phi) is 8.25. The maximum absolute atomic E-state index is 13.5. The number of aryl methyl sites for hydroxylation is 2. The number of likely N-dealkylation sites (tertiary alicyclic amines) is 1. The molecule has 41 heavy (non-hydrogen) atoms. The van der Waals surface area contributed by atoms with Crippen LogP contribution in [-0.4, -0.2) is 71.1 Å². The fourth-order valence-corrected chi connectivity index (χ4v) is 5.72. The van der Waals surface area contributed by atoms with Crippen molar-refractivity contribution in [3.05, 3.63) is 70.7 Å². The fraction of sp³-hybridized carbons (Fsp3) is 0.400. The van der Waals surface area contributed by atoms with E-state index in [9.17, 15) is 19.2 Å². The zero-order chi connectivity index (χ0) is 29.0. The third-order valence-corrected chi connectivity index (χ3v) is 7.90. The molecule has 0 saturated carbocycles. The fourth-order valence-electron chi connectivity index (χ4n) is 5.72. The van der Waals surface area contributed by atoms with E-state index >= 15 is 0 Å². The van der Waals surface area contributed by atoms with Crippen molar-refractivity contribution >= 4 is 34.4 Å². The van der Waals surface area contributed by atoms with E-state index < -0.39 is 5.41 Å². The van der Waals surface area contributed by atoms with E-state index in [0.717, 1.165) is 17.5 Å². The van der Waals surface area contributed by atoms with Crippen LogP contribution in [0.3, 0.4) is 0 Å². The van der Waals surface area contributed by atoms with Gasteiger partial charge in [-0.25, -0.2) is 4.79 Å². The largest absolute Gasteiger partial charge is 0.489 e. The molecule has 1 spiro atoms. The SMILES string of the molecule is Cn1c(=O)n(C)c2cc(NC(=O)CN3CCCC4(C/C=C\COc5ccccc5C(=O)NCCNC4=O)C3)ccc21. The standard InChI is InChI=1S/C30H36N6O5/c1-34-23-11-10-21(18-24(23)35(2)29(34)40)33-26(37)19-36-16-7-13-30(20-36)12-5-6-17-41-25-9-4-3-8-22(25)27(38)31-14-15-32-28(30)39/h3-6,8-11,18H,7,12-17,19-20H2,1-2H3,(H,31,38)(H,32,39)(H,33,37)/b6-5-. The summed E-state index contributed by atoms with van der Waals surface area (Å²) in [6, 6.07) is 12.5. The van der Waals surface area contributed by atoms with Crippen LogP contribution in [-0.2, 0) is 23.7 Å². The van der Waals surface area contributed by atoms with E-state index in [1.165, 1.54) is 0 Å². The summed E-state index contributed by atoms with van der Waals surface area (Å²) in [4.78, 5) is 53.4. The first-order valence-electron chi connectivity index (χ1n) is 13.9. The average molecular weight is 561 g/mol. The van der Waals surface area contributed by atoms with Gasteiger partial charge in [0.2, 0.25) is 11.8 Å². The first-order valence-corrected chi connectivity index (χ1v) is 13.9. The Morgan fingerprint density at radius 3 is 2.63 bits per heavy atom. The Hall–Kier alpha value is -4.38. The van der Waals surface area contributed by atoms with Crippen molar-refractivity contribution < 1.29 is 19.1 Å². The zero-order valence-electron chi connectivity index (χ0n) is 23.4. The van der Waals surface area contributed by atoms with Crippen molar-refractivity contribution in [1.82, 2.24) is 24.7 Å². The number of carbonyl (C=O) groups excluding carboxylic acids is 3. The third-order valence-electron chi connectivity index (χ3n) is 7.90. The first-order chi connectivity index (χ1) is 19.8. The Labute approximate surface area is 238 Å². The number of nitrogens with zero attached hydrogens (tertiary/aromatic N) is 3. The van der Waals surface area contributed by atoms with Crippen LogP contribution in [0.1, 0.15) is 29.6 Å². The van der Waals surface area contributed by atoms with Crippen molar-refractivity contribution in [2.75, 3.05) is 44.6 Å². The van der Waals surface area contributed by atoms with Gasteiger partial charge in [0.25, 0.3) is 5.91 Å². The molecule has 3 amide bonds. The second kappa shape index (κ2) is 12.0. The second-order valence-corrected chi connectivity index (χ2v) is 10.7. The van der Waals surface area contributed by atoms with Gasteiger partial charge in [0.1, 0.15) is 12.4 Å². The Morgan fingerprint density at radius 1 is 1.00 bits per heavy atom. The summed E-state index contributed by atoms with van der Waals surface area (Å²) in [6.45, 7) is 2.12. The smallest absolute Gasteiger partial charge is 0.328 e. The zero-order valence-corrected chi connectivity index (χ0v) is 23.4. The molecule has 0 radical (unpaired) electrons. The van der Waals surface area contributed by atoms with Crippen LogP contribution in [0.15, 0.2) is 59.4 Å². The molecule has 3 N–H and O–H groups in total. The van der Waals surface area contributed by atoms with Crippen LogP contribution in [0, 0.1) is 5.41 Å². The molecule has 216 valence electrons. The molecule has 1 saturated heterocycles. The summed E-state index contributed by atoms with van der Waals surface area (Å²) in [6.07, 6.45) is 5.79. The van der Waals surface area contributed by atoms with Gasteiger partial charge in [0.05, 0.1) is 28.6 Å². The topological polar surface area (TPSA) is 127 Å². The van der Waals surface area contributed by atoms with Gasteiger partial charge in [0.15, 0.2) is 0 Å². The van der Waals surface area contributed by atoms with Gasteiger partial charge in [0, 0.05) is 39.4 Å². The highest BCUT2D eigenvalue weighted by atomic mass is 16.5. The minimum absolute atomic E-state index is 0.0877. The number of piperidine rings is 1. The van der Waals surface area contributed by atoms with Crippen LogP contribution in [0.2, 0.25) is 0 Å². The summed E-state index contributed by atoms with van der Waals surface area (Å²) >= 11 is 0. The Morgan fingerprint density at radius 2 is 1.78 bits per heavy atom. The third kappa shape index (κ3) is 6.04. The molecular weight excluding hydrogens is 524 g/mol. The highest BCUT2D eigenvalue weighted by molar-refractivity contribution is 5.97.